The molecular formula is C28H26ClFN6O. The van der Waals surface area contributed by atoms with Crippen molar-refractivity contribution in [3.63, 3.8) is 0 Å². The largest absolute Gasteiger partial charge is 0.362 e. The number of piperazine rings is 1. The van der Waals surface area contributed by atoms with Gasteiger partial charge in [0.05, 0.1) is 22.9 Å². The molecule has 1 saturated heterocycles. The molecule has 4 heterocycles. The highest BCUT2D eigenvalue weighted by Gasteiger charge is 2.37. The lowest BCUT2D eigenvalue weighted by molar-refractivity contribution is 0.127. The van der Waals surface area contributed by atoms with E-state index in [2.05, 4.69) is 38.5 Å². The van der Waals surface area contributed by atoms with Crippen LogP contribution in [0.25, 0.3) is 15.9 Å². The average molecular weight is 517 g/mol. The van der Waals surface area contributed by atoms with Crippen molar-refractivity contribution in [1.29, 1.82) is 0 Å². The lowest BCUT2D eigenvalue weighted by Crippen LogP contribution is -2.57. The molecule has 3 aromatic heterocycles. The Morgan fingerprint density at radius 3 is 2.54 bits per heavy atom. The van der Waals surface area contributed by atoms with E-state index < -0.39 is 0 Å². The third-order valence-corrected chi connectivity index (χ3v) is 7.30. The zero-order chi connectivity index (χ0) is 26.3. The Balaban J connectivity index is 1.56. The molecule has 4 aromatic rings. The number of rotatable bonds is 4. The summed E-state index contributed by atoms with van der Waals surface area (Å²) in [5.74, 6) is -0.0525. The van der Waals surface area contributed by atoms with Gasteiger partial charge in [0.25, 0.3) is 11.4 Å². The molecule has 0 aliphatic carbocycles. The maximum Gasteiger partial charge on any atom is 0.270 e. The minimum Gasteiger partial charge on any atom is -0.362 e. The third kappa shape index (κ3) is 4.68. The highest BCUT2D eigenvalue weighted by Crippen LogP contribution is 2.36. The normalized spacial score (nSPS) is 19.1. The molecule has 7 nitrogen and oxygen atoms in total. The van der Waals surface area contributed by atoms with Crippen LogP contribution < -0.4 is 10.5 Å². The summed E-state index contributed by atoms with van der Waals surface area (Å²) in [6.07, 6.45) is 1.49. The molecule has 188 valence electrons. The Morgan fingerprint density at radius 2 is 1.84 bits per heavy atom. The lowest BCUT2D eigenvalue weighted by atomic mass is 9.96. The van der Waals surface area contributed by atoms with Crippen LogP contribution in [-0.4, -0.2) is 44.6 Å². The fourth-order valence-corrected chi connectivity index (χ4v) is 5.31. The molecule has 1 fully saturated rings. The summed E-state index contributed by atoms with van der Waals surface area (Å²) in [6, 6.07) is 15.1. The van der Waals surface area contributed by atoms with Gasteiger partial charge in [-0.15, -0.1) is 4.98 Å². The van der Waals surface area contributed by atoms with Crippen molar-refractivity contribution < 1.29 is 4.39 Å². The van der Waals surface area contributed by atoms with Crippen LogP contribution in [0.3, 0.4) is 0 Å². The number of aryl methyl sites for hydroxylation is 1. The second kappa shape index (κ2) is 9.92. The van der Waals surface area contributed by atoms with Crippen LogP contribution in [0.4, 0.5) is 15.9 Å². The Bertz CT molecular complexity index is 1560. The number of benzene rings is 1. The fraction of sp³-hybridized carbons (Fsp3) is 0.286. The summed E-state index contributed by atoms with van der Waals surface area (Å²) >= 11 is 6.16. The van der Waals surface area contributed by atoms with E-state index in [0.717, 1.165) is 11.3 Å². The van der Waals surface area contributed by atoms with Gasteiger partial charge in [-0.2, -0.15) is 0 Å². The molecule has 0 N–H and O–H groups in total. The van der Waals surface area contributed by atoms with Gasteiger partial charge in [-0.1, -0.05) is 30.3 Å². The molecule has 1 aromatic carbocycles. The first-order chi connectivity index (χ1) is 17.8. The van der Waals surface area contributed by atoms with E-state index in [1.165, 1.54) is 18.3 Å². The molecule has 0 bridgehead atoms. The van der Waals surface area contributed by atoms with E-state index in [-0.39, 0.29) is 35.3 Å². The zero-order valence-electron chi connectivity index (χ0n) is 20.8. The Hall–Kier alpha value is -3.80. The first kappa shape index (κ1) is 24.9. The van der Waals surface area contributed by atoms with Crippen molar-refractivity contribution in [3.8, 4) is 0 Å². The first-order valence-electron chi connectivity index (χ1n) is 12.0. The molecule has 37 heavy (non-hydrogen) atoms. The smallest absolute Gasteiger partial charge is 0.270 e. The average Bonchev–Trinajstić information content (AvgIpc) is 2.89. The predicted molar refractivity (Wildman–Crippen MR) is 144 cm³/mol. The maximum absolute atomic E-state index is 14.3. The lowest BCUT2D eigenvalue weighted by Gasteiger charge is -2.48. The number of nitrogens with zero attached hydrogens (tertiary/aromatic N) is 6. The molecule has 9 heteroatoms. The first-order valence-corrected chi connectivity index (χ1v) is 12.4. The summed E-state index contributed by atoms with van der Waals surface area (Å²) < 4.78 is 15.8. The van der Waals surface area contributed by atoms with Gasteiger partial charge < -0.3 is 14.3 Å². The highest BCUT2D eigenvalue weighted by atomic mass is 35.5. The van der Waals surface area contributed by atoms with E-state index in [9.17, 15) is 9.18 Å². The molecule has 0 saturated carbocycles. The van der Waals surface area contributed by atoms with E-state index in [0.29, 0.717) is 34.8 Å². The second-order valence-electron chi connectivity index (χ2n) is 9.48. The minimum atomic E-state index is -0.336. The van der Waals surface area contributed by atoms with Crippen molar-refractivity contribution in [1.82, 2.24) is 19.4 Å². The van der Waals surface area contributed by atoms with Gasteiger partial charge in [0.2, 0.25) is 5.52 Å². The Kier molecular flexibility index (Phi) is 6.67. The van der Waals surface area contributed by atoms with Gasteiger partial charge in [-0.3, -0.25) is 14.7 Å². The summed E-state index contributed by atoms with van der Waals surface area (Å²) in [7, 11) is 1.71. The van der Waals surface area contributed by atoms with Gasteiger partial charge in [0.1, 0.15) is 5.82 Å². The summed E-state index contributed by atoms with van der Waals surface area (Å²) in [5, 5.41) is 0.629. The number of pyridine rings is 3. The third-order valence-electron chi connectivity index (χ3n) is 7.05. The highest BCUT2D eigenvalue weighted by molar-refractivity contribution is 6.30. The van der Waals surface area contributed by atoms with Crippen molar-refractivity contribution in [2.24, 2.45) is 7.05 Å². The van der Waals surface area contributed by atoms with Crippen LogP contribution in [0.1, 0.15) is 31.1 Å². The molecule has 3 atom stereocenters. The van der Waals surface area contributed by atoms with Crippen LogP contribution in [-0.2, 0) is 7.05 Å². The minimum absolute atomic E-state index is 0.00624. The molecule has 0 amide bonds. The zero-order valence-corrected chi connectivity index (χ0v) is 21.5. The van der Waals surface area contributed by atoms with Crippen molar-refractivity contribution >= 4 is 34.1 Å². The molecular weight excluding hydrogens is 491 g/mol. The number of hydrogen-bond acceptors (Lipinski definition) is 5. The molecule has 1 aliphatic heterocycles. The summed E-state index contributed by atoms with van der Waals surface area (Å²) in [4.78, 5) is 29.9. The van der Waals surface area contributed by atoms with Crippen LogP contribution in [0, 0.1) is 12.4 Å². The van der Waals surface area contributed by atoms with Gasteiger partial charge >= 0.3 is 0 Å². The molecule has 1 aliphatic rings. The number of aromatic nitrogens is 3. The molecule has 0 radical (unpaired) electrons. The quantitative estimate of drug-likeness (QED) is 0.342. The van der Waals surface area contributed by atoms with Crippen molar-refractivity contribution in [2.75, 3.05) is 18.0 Å². The van der Waals surface area contributed by atoms with Crippen LogP contribution in [0.2, 0.25) is 5.02 Å². The van der Waals surface area contributed by atoms with Crippen LogP contribution >= 0.6 is 11.6 Å². The number of fused-ring (bicyclic) bond motifs is 1. The fourth-order valence-electron chi connectivity index (χ4n) is 5.18. The van der Waals surface area contributed by atoms with Gasteiger partial charge in [0, 0.05) is 49.5 Å². The maximum atomic E-state index is 14.3. The molecule has 1 unspecified atom stereocenters. The standard InChI is InChI=1S/C28H26ClFN6O/c1-17-16-36(28(19-5-7-20(29)8-6-19)22-13-21(30)11-12-32-22)18(2)15-35(17)24-14-26(37)34(4)23-9-10-25(31-3)33-27(23)24/h5-14,17-18,28H,15-16H2,1-2,4H3/t17-,18+,28?/m0/s1. The number of hydrogen-bond donors (Lipinski definition) is 0. The predicted octanol–water partition coefficient (Wildman–Crippen LogP) is 5.36. The van der Waals surface area contributed by atoms with E-state index >= 15 is 0 Å². The van der Waals surface area contributed by atoms with Gasteiger partial charge in [0.15, 0.2) is 0 Å². The summed E-state index contributed by atoms with van der Waals surface area (Å²) in [5.41, 5.74) is 3.48. The second-order valence-corrected chi connectivity index (χ2v) is 9.91. The van der Waals surface area contributed by atoms with E-state index in [1.807, 2.05) is 24.3 Å². The number of anilines is 1. The van der Waals surface area contributed by atoms with Gasteiger partial charge in [-0.25, -0.2) is 4.39 Å². The SMILES string of the molecule is [C-]#[N+]c1ccc2c(n1)c(N1C[C@@H](C)N(C(c3ccc(Cl)cc3)c3cc(F)ccn3)C[C@@H]1C)cc(=O)n2C. The number of halogens is 2. The Labute approximate surface area is 219 Å². The van der Waals surface area contributed by atoms with E-state index in [1.54, 1.807) is 29.8 Å². The Morgan fingerprint density at radius 1 is 1.08 bits per heavy atom. The van der Waals surface area contributed by atoms with Crippen molar-refractivity contribution in [3.05, 3.63) is 105 Å². The summed E-state index contributed by atoms with van der Waals surface area (Å²) in [6.45, 7) is 12.8. The van der Waals surface area contributed by atoms with Crippen molar-refractivity contribution in [2.45, 2.75) is 32.0 Å². The van der Waals surface area contributed by atoms with Crippen LogP contribution in [0.15, 0.2) is 65.6 Å². The van der Waals surface area contributed by atoms with Crippen LogP contribution in [0.5, 0.6) is 0 Å². The van der Waals surface area contributed by atoms with Gasteiger partial charge in [-0.05, 0) is 55.8 Å². The van der Waals surface area contributed by atoms with E-state index in [4.69, 9.17) is 18.2 Å². The topological polar surface area (TPSA) is 58.6 Å². The molecule has 0 spiro atoms. The monoisotopic (exact) mass is 516 g/mol. The molecule has 5 rings (SSSR count).